The molecule has 5 nitrogen and oxygen atoms in total. The molecule has 0 aromatic heterocycles. The van der Waals surface area contributed by atoms with Gasteiger partial charge in [-0.25, -0.2) is 0 Å². The van der Waals surface area contributed by atoms with Crippen LogP contribution in [0.25, 0.3) is 0 Å². The predicted octanol–water partition coefficient (Wildman–Crippen LogP) is 5.06. The minimum Gasteiger partial charge on any atom is -0.511 e. The lowest BCUT2D eigenvalue weighted by Crippen LogP contribution is -2.27. The number of benzene rings is 2. The van der Waals surface area contributed by atoms with Crippen LogP contribution in [0.1, 0.15) is 43.7 Å². The summed E-state index contributed by atoms with van der Waals surface area (Å²) in [6, 6.07) is 15.6. The van der Waals surface area contributed by atoms with Crippen LogP contribution in [0.3, 0.4) is 0 Å². The second-order valence-corrected chi connectivity index (χ2v) is 7.25. The molecule has 1 N–H and O–H groups in total. The smallest absolute Gasteiger partial charge is 0.168 e. The standard InChI is InChI=1S/C25H29NO4/c1-4-29-23-12-11-17(14-24(23)30-5-2)13-21(27)25-20(26-3)15-19(16-22(25)28)18-9-7-6-8-10-18/h6-12,14,19,27H,4-5,13,15-16H2,1-3H3/b25-21+,26-20?. The summed E-state index contributed by atoms with van der Waals surface area (Å²) in [6.07, 6.45) is 1.25. The van der Waals surface area contributed by atoms with Gasteiger partial charge < -0.3 is 14.6 Å². The lowest BCUT2D eigenvalue weighted by Gasteiger charge is -2.25. The molecule has 0 saturated heterocycles. The quantitative estimate of drug-likeness (QED) is 0.515. The molecule has 1 aliphatic carbocycles. The number of aliphatic hydroxyl groups excluding tert-OH is 1. The molecule has 1 aliphatic rings. The van der Waals surface area contributed by atoms with E-state index in [-0.39, 0.29) is 23.9 Å². The van der Waals surface area contributed by atoms with Crippen molar-refractivity contribution in [2.24, 2.45) is 4.99 Å². The number of ether oxygens (including phenoxy) is 2. The molecule has 1 saturated carbocycles. The summed E-state index contributed by atoms with van der Waals surface area (Å²) in [7, 11) is 1.67. The molecule has 3 rings (SSSR count). The third-order valence-electron chi connectivity index (χ3n) is 5.25. The van der Waals surface area contributed by atoms with Crippen molar-refractivity contribution in [1.29, 1.82) is 0 Å². The van der Waals surface area contributed by atoms with Crippen molar-refractivity contribution < 1.29 is 19.4 Å². The van der Waals surface area contributed by atoms with Crippen molar-refractivity contribution in [2.75, 3.05) is 20.3 Å². The first-order valence-electron chi connectivity index (χ1n) is 10.4. The fourth-order valence-electron chi connectivity index (χ4n) is 3.87. The van der Waals surface area contributed by atoms with Crippen LogP contribution in [0, 0.1) is 0 Å². The highest BCUT2D eigenvalue weighted by Gasteiger charge is 2.32. The van der Waals surface area contributed by atoms with Gasteiger partial charge in [0.1, 0.15) is 5.76 Å². The average molecular weight is 408 g/mol. The molecule has 2 aromatic rings. The number of carbonyl (C=O) groups is 1. The highest BCUT2D eigenvalue weighted by molar-refractivity contribution is 6.24. The van der Waals surface area contributed by atoms with Crippen LogP contribution < -0.4 is 9.47 Å². The van der Waals surface area contributed by atoms with Gasteiger partial charge in [-0.3, -0.25) is 9.79 Å². The molecule has 0 heterocycles. The lowest BCUT2D eigenvalue weighted by atomic mass is 9.78. The Kier molecular flexibility index (Phi) is 7.28. The molecule has 1 fully saturated rings. The number of rotatable bonds is 7. The van der Waals surface area contributed by atoms with Gasteiger partial charge >= 0.3 is 0 Å². The fourth-order valence-corrected chi connectivity index (χ4v) is 3.87. The van der Waals surface area contributed by atoms with Gasteiger partial charge in [0.05, 0.1) is 18.8 Å². The van der Waals surface area contributed by atoms with E-state index in [9.17, 15) is 9.90 Å². The van der Waals surface area contributed by atoms with Crippen molar-refractivity contribution in [3.63, 3.8) is 0 Å². The lowest BCUT2D eigenvalue weighted by molar-refractivity contribution is -0.115. The van der Waals surface area contributed by atoms with E-state index in [2.05, 4.69) is 4.99 Å². The SMILES string of the molecule is CCOc1ccc(C/C(O)=C2\C(=O)CC(c3ccccc3)CC2=NC)cc1OCC. The fraction of sp³-hybridized carbons (Fsp3) is 0.360. The summed E-state index contributed by atoms with van der Waals surface area (Å²) in [4.78, 5) is 17.3. The molecule has 158 valence electrons. The van der Waals surface area contributed by atoms with Crippen molar-refractivity contribution >= 4 is 11.5 Å². The van der Waals surface area contributed by atoms with E-state index in [1.165, 1.54) is 0 Å². The monoisotopic (exact) mass is 407 g/mol. The normalized spacial score (nSPS) is 19.6. The number of aliphatic hydroxyl groups is 1. The molecule has 0 bridgehead atoms. The zero-order valence-corrected chi connectivity index (χ0v) is 17.9. The molecule has 5 heteroatoms. The van der Waals surface area contributed by atoms with E-state index in [1.54, 1.807) is 7.05 Å². The second kappa shape index (κ2) is 10.1. The van der Waals surface area contributed by atoms with Crippen LogP contribution in [0.15, 0.2) is 64.9 Å². The maximum absolute atomic E-state index is 12.9. The number of hydrogen-bond acceptors (Lipinski definition) is 5. The number of hydrogen-bond donors (Lipinski definition) is 1. The number of aliphatic imine (C=N–C) groups is 1. The molecule has 0 aliphatic heterocycles. The number of nitrogens with zero attached hydrogens (tertiary/aromatic N) is 1. The molecule has 0 amide bonds. The van der Waals surface area contributed by atoms with E-state index >= 15 is 0 Å². The van der Waals surface area contributed by atoms with Crippen molar-refractivity contribution in [3.05, 3.63) is 71.0 Å². The number of ketones is 1. The van der Waals surface area contributed by atoms with Crippen molar-refractivity contribution in [3.8, 4) is 11.5 Å². The van der Waals surface area contributed by atoms with Crippen LogP contribution in [0.2, 0.25) is 0 Å². The summed E-state index contributed by atoms with van der Waals surface area (Å²) >= 11 is 0. The van der Waals surface area contributed by atoms with Gasteiger partial charge in [0.2, 0.25) is 0 Å². The first-order chi connectivity index (χ1) is 14.6. The largest absolute Gasteiger partial charge is 0.511 e. The molecule has 1 atom stereocenters. The van der Waals surface area contributed by atoms with Gasteiger partial charge in [0.25, 0.3) is 0 Å². The van der Waals surface area contributed by atoms with Gasteiger partial charge in [-0.2, -0.15) is 0 Å². The summed E-state index contributed by atoms with van der Waals surface area (Å²) in [6.45, 7) is 4.89. The number of Topliss-reactive ketones (excluding diaryl/α,β-unsaturated/α-hetero) is 1. The maximum atomic E-state index is 12.9. The molecule has 1 unspecified atom stereocenters. The Morgan fingerprint density at radius 2 is 1.73 bits per heavy atom. The Hall–Kier alpha value is -3.08. The van der Waals surface area contributed by atoms with E-state index in [4.69, 9.17) is 9.47 Å². The zero-order valence-electron chi connectivity index (χ0n) is 17.9. The topological polar surface area (TPSA) is 68.1 Å². The third kappa shape index (κ3) is 4.90. The Bertz CT molecular complexity index is 947. The van der Waals surface area contributed by atoms with E-state index < -0.39 is 0 Å². The number of allylic oxidation sites excluding steroid dienone is 2. The first-order valence-corrected chi connectivity index (χ1v) is 10.4. The zero-order chi connectivity index (χ0) is 21.5. The molecule has 0 spiro atoms. The van der Waals surface area contributed by atoms with Gasteiger partial charge in [0, 0.05) is 25.6 Å². The van der Waals surface area contributed by atoms with E-state index in [0.717, 1.165) is 11.1 Å². The van der Waals surface area contributed by atoms with Gasteiger partial charge in [-0.05, 0) is 49.4 Å². The van der Waals surface area contributed by atoms with Crippen molar-refractivity contribution in [1.82, 2.24) is 0 Å². The Labute approximate surface area is 178 Å². The average Bonchev–Trinajstić information content (AvgIpc) is 2.75. The number of carbonyl (C=O) groups excluding carboxylic acids is 1. The highest BCUT2D eigenvalue weighted by atomic mass is 16.5. The first kappa shape index (κ1) is 21.6. The van der Waals surface area contributed by atoms with Crippen LogP contribution in [0.4, 0.5) is 0 Å². The van der Waals surface area contributed by atoms with Crippen LogP contribution in [0.5, 0.6) is 11.5 Å². The van der Waals surface area contributed by atoms with Crippen LogP contribution in [-0.4, -0.2) is 36.9 Å². The molecule has 30 heavy (non-hydrogen) atoms. The minimum absolute atomic E-state index is 0.0544. The van der Waals surface area contributed by atoms with Crippen LogP contribution >= 0.6 is 0 Å². The van der Waals surface area contributed by atoms with Gasteiger partial charge in [0.15, 0.2) is 17.3 Å². The molecule has 2 aromatic carbocycles. The van der Waals surface area contributed by atoms with Gasteiger partial charge in [-0.15, -0.1) is 0 Å². The maximum Gasteiger partial charge on any atom is 0.168 e. The third-order valence-corrected chi connectivity index (χ3v) is 5.25. The predicted molar refractivity (Wildman–Crippen MR) is 119 cm³/mol. The Morgan fingerprint density at radius 1 is 1.03 bits per heavy atom. The van der Waals surface area contributed by atoms with Crippen molar-refractivity contribution in [2.45, 2.75) is 39.0 Å². The Morgan fingerprint density at radius 3 is 2.40 bits per heavy atom. The second-order valence-electron chi connectivity index (χ2n) is 7.25. The minimum atomic E-state index is -0.0656. The van der Waals surface area contributed by atoms with E-state index in [1.807, 2.05) is 62.4 Å². The van der Waals surface area contributed by atoms with Gasteiger partial charge in [-0.1, -0.05) is 36.4 Å². The Balaban J connectivity index is 1.85. The summed E-state index contributed by atoms with van der Waals surface area (Å²) in [5.41, 5.74) is 2.99. The van der Waals surface area contributed by atoms with E-state index in [0.29, 0.717) is 48.8 Å². The summed E-state index contributed by atoms with van der Waals surface area (Å²) in [5, 5.41) is 10.9. The van der Waals surface area contributed by atoms with Crippen LogP contribution in [-0.2, 0) is 11.2 Å². The summed E-state index contributed by atoms with van der Waals surface area (Å²) < 4.78 is 11.3. The molecule has 0 radical (unpaired) electrons. The molecular formula is C25H29NO4. The molecular weight excluding hydrogens is 378 g/mol. The summed E-state index contributed by atoms with van der Waals surface area (Å²) in [5.74, 6) is 1.38. The highest BCUT2D eigenvalue weighted by Crippen LogP contribution is 2.34.